The number of halogens is 1. The van der Waals surface area contributed by atoms with Gasteiger partial charge in [0.05, 0.1) is 44.1 Å². The van der Waals surface area contributed by atoms with Gasteiger partial charge in [-0.05, 0) is 0 Å². The standard InChI is InChI=1S/C7H14IN3O2S/c1-10(2)7(12)11-3-5-14(13,9-8)6-4-11/h3-6H2,1-2H3. The predicted molar refractivity (Wildman–Crippen MR) is 65.0 cm³/mol. The van der Waals surface area contributed by atoms with Crippen molar-refractivity contribution in [2.24, 2.45) is 2.58 Å². The summed E-state index contributed by atoms with van der Waals surface area (Å²) in [5, 5.41) is 0. The highest BCUT2D eigenvalue weighted by molar-refractivity contribution is 14.1. The van der Waals surface area contributed by atoms with Crippen LogP contribution in [0, 0.1) is 0 Å². The van der Waals surface area contributed by atoms with Crippen molar-refractivity contribution in [3.8, 4) is 0 Å². The minimum atomic E-state index is -2.02. The molecule has 0 bridgehead atoms. The van der Waals surface area contributed by atoms with Gasteiger partial charge in [-0.2, -0.15) is 2.58 Å². The molecule has 0 unspecified atom stereocenters. The molecule has 1 aliphatic rings. The second-order valence-corrected chi connectivity index (χ2v) is 7.10. The summed E-state index contributed by atoms with van der Waals surface area (Å²) in [5.74, 6) is 0.991. The summed E-state index contributed by atoms with van der Waals surface area (Å²) in [7, 11) is 1.42. The fourth-order valence-electron chi connectivity index (χ4n) is 1.26. The molecule has 0 atom stereocenters. The number of amides is 2. The lowest BCUT2D eigenvalue weighted by Gasteiger charge is -2.30. The van der Waals surface area contributed by atoms with Gasteiger partial charge in [0.2, 0.25) is 0 Å². The van der Waals surface area contributed by atoms with Crippen molar-refractivity contribution in [1.82, 2.24) is 9.80 Å². The van der Waals surface area contributed by atoms with Crippen LogP contribution in [0.1, 0.15) is 0 Å². The van der Waals surface area contributed by atoms with Crippen molar-refractivity contribution in [2.45, 2.75) is 0 Å². The van der Waals surface area contributed by atoms with Crippen molar-refractivity contribution in [1.29, 1.82) is 0 Å². The monoisotopic (exact) mass is 331 g/mol. The third kappa shape index (κ3) is 2.72. The van der Waals surface area contributed by atoms with Gasteiger partial charge in [-0.1, -0.05) is 0 Å². The van der Waals surface area contributed by atoms with Crippen LogP contribution in [0.25, 0.3) is 0 Å². The van der Waals surface area contributed by atoms with Gasteiger partial charge in [-0.25, -0.2) is 9.00 Å². The first-order chi connectivity index (χ1) is 6.48. The van der Waals surface area contributed by atoms with Gasteiger partial charge in [-0.3, -0.25) is 0 Å². The van der Waals surface area contributed by atoms with Crippen LogP contribution in [0.15, 0.2) is 2.58 Å². The second kappa shape index (κ2) is 4.65. The number of carbonyl (C=O) groups excluding carboxylic acids is 1. The minimum absolute atomic E-state index is 0.0140. The van der Waals surface area contributed by atoms with E-state index < -0.39 is 9.73 Å². The van der Waals surface area contributed by atoms with E-state index in [1.807, 2.05) is 0 Å². The molecule has 0 radical (unpaired) electrons. The smallest absolute Gasteiger partial charge is 0.319 e. The zero-order valence-electron chi connectivity index (χ0n) is 8.27. The van der Waals surface area contributed by atoms with Crippen LogP contribution in [0.5, 0.6) is 0 Å². The van der Waals surface area contributed by atoms with E-state index in [1.54, 1.807) is 41.9 Å². The maximum absolute atomic E-state index is 11.8. The minimum Gasteiger partial charge on any atom is -0.331 e. The highest BCUT2D eigenvalue weighted by atomic mass is 127. The van der Waals surface area contributed by atoms with Crippen LogP contribution in [0.2, 0.25) is 0 Å². The molecule has 0 saturated carbocycles. The average molecular weight is 331 g/mol. The molecule has 1 heterocycles. The van der Waals surface area contributed by atoms with Crippen LogP contribution in [0.3, 0.4) is 0 Å². The molecule has 0 aliphatic carbocycles. The molecule has 0 aromatic rings. The Morgan fingerprint density at radius 1 is 1.43 bits per heavy atom. The number of carbonyl (C=O) groups is 1. The lowest BCUT2D eigenvalue weighted by atomic mass is 10.5. The average Bonchev–Trinajstić information content (AvgIpc) is 2.18. The third-order valence-electron chi connectivity index (χ3n) is 2.14. The molecular formula is C7H14IN3O2S. The highest BCUT2D eigenvalue weighted by Gasteiger charge is 2.24. The number of rotatable bonds is 0. The Morgan fingerprint density at radius 2 is 1.93 bits per heavy atom. The molecule has 82 valence electrons. The predicted octanol–water partition coefficient (Wildman–Crippen LogP) is 0.802. The Labute approximate surface area is 98.5 Å². The molecule has 0 spiro atoms. The van der Waals surface area contributed by atoms with E-state index in [1.165, 1.54) is 4.90 Å². The topological polar surface area (TPSA) is 53.0 Å². The molecule has 0 aromatic heterocycles. The van der Waals surface area contributed by atoms with E-state index in [9.17, 15) is 9.00 Å². The Hall–Kier alpha value is -0.0500. The van der Waals surface area contributed by atoms with Crippen molar-refractivity contribution < 1.29 is 9.00 Å². The lowest BCUT2D eigenvalue weighted by Crippen LogP contribution is -2.47. The molecular weight excluding hydrogens is 317 g/mol. The Balaban J connectivity index is 2.60. The van der Waals surface area contributed by atoms with Gasteiger partial charge in [0.25, 0.3) is 0 Å². The largest absolute Gasteiger partial charge is 0.331 e. The van der Waals surface area contributed by atoms with E-state index in [0.29, 0.717) is 24.6 Å². The highest BCUT2D eigenvalue weighted by Crippen LogP contribution is 2.10. The molecule has 1 rings (SSSR count). The number of hydrogen-bond donors (Lipinski definition) is 0. The number of urea groups is 1. The van der Waals surface area contributed by atoms with Crippen LogP contribution in [-0.4, -0.2) is 58.7 Å². The molecule has 0 aromatic carbocycles. The van der Waals surface area contributed by atoms with Crippen molar-refractivity contribution in [3.63, 3.8) is 0 Å². The first-order valence-corrected chi connectivity index (χ1v) is 7.09. The first kappa shape index (κ1) is 12.0. The van der Waals surface area contributed by atoms with Crippen molar-refractivity contribution in [3.05, 3.63) is 0 Å². The molecule has 1 fully saturated rings. The van der Waals surface area contributed by atoms with Crippen LogP contribution < -0.4 is 0 Å². The summed E-state index contributed by atoms with van der Waals surface area (Å²) in [5.41, 5.74) is 0. The normalized spacial score (nSPS) is 20.4. The summed E-state index contributed by atoms with van der Waals surface area (Å²) in [6, 6.07) is -0.0140. The van der Waals surface area contributed by atoms with Crippen molar-refractivity contribution >= 4 is 38.6 Å². The van der Waals surface area contributed by atoms with Gasteiger partial charge in [0.15, 0.2) is 0 Å². The van der Waals surface area contributed by atoms with E-state index in [4.69, 9.17) is 0 Å². The van der Waals surface area contributed by atoms with Crippen LogP contribution in [-0.2, 0) is 9.73 Å². The molecule has 7 heteroatoms. The Morgan fingerprint density at radius 3 is 2.29 bits per heavy atom. The molecule has 5 nitrogen and oxygen atoms in total. The number of hydrogen-bond acceptors (Lipinski definition) is 3. The van der Waals surface area contributed by atoms with E-state index in [2.05, 4.69) is 2.58 Å². The lowest BCUT2D eigenvalue weighted by molar-refractivity contribution is 0.175. The summed E-state index contributed by atoms with van der Waals surface area (Å²) >= 11 is 1.80. The molecule has 0 N–H and O–H groups in total. The number of nitrogens with zero attached hydrogens (tertiary/aromatic N) is 3. The second-order valence-electron chi connectivity index (χ2n) is 3.41. The molecule has 14 heavy (non-hydrogen) atoms. The van der Waals surface area contributed by atoms with E-state index in [-0.39, 0.29) is 6.03 Å². The van der Waals surface area contributed by atoms with Gasteiger partial charge < -0.3 is 9.80 Å². The molecule has 1 saturated heterocycles. The summed E-state index contributed by atoms with van der Waals surface area (Å²) in [4.78, 5) is 14.8. The molecule has 2 amide bonds. The Bertz CT molecular complexity index is 322. The first-order valence-electron chi connectivity index (χ1n) is 4.27. The van der Waals surface area contributed by atoms with Crippen LogP contribution in [0.4, 0.5) is 4.79 Å². The van der Waals surface area contributed by atoms with Gasteiger partial charge in [0, 0.05) is 27.2 Å². The third-order valence-corrected chi connectivity index (χ3v) is 6.19. The fraction of sp³-hybridized carbons (Fsp3) is 0.857. The summed E-state index contributed by atoms with van der Waals surface area (Å²) in [6.45, 7) is 1.09. The quantitative estimate of drug-likeness (QED) is 0.617. The zero-order chi connectivity index (χ0) is 10.8. The Kier molecular flexibility index (Phi) is 3.99. The van der Waals surface area contributed by atoms with Crippen LogP contribution >= 0.6 is 22.9 Å². The van der Waals surface area contributed by atoms with Gasteiger partial charge >= 0.3 is 6.03 Å². The zero-order valence-corrected chi connectivity index (χ0v) is 11.2. The van der Waals surface area contributed by atoms with Gasteiger partial charge in [-0.15, -0.1) is 0 Å². The fourth-order valence-corrected chi connectivity index (χ4v) is 3.80. The SMILES string of the molecule is CN(C)C(=O)N1CCS(=O)(=NI)CC1. The van der Waals surface area contributed by atoms with E-state index >= 15 is 0 Å². The summed E-state index contributed by atoms with van der Waals surface area (Å²) < 4.78 is 15.7. The molecule has 1 aliphatic heterocycles. The van der Waals surface area contributed by atoms with Gasteiger partial charge in [0.1, 0.15) is 0 Å². The maximum atomic E-state index is 11.8. The van der Waals surface area contributed by atoms with E-state index in [0.717, 1.165) is 0 Å². The van der Waals surface area contributed by atoms with Crippen molar-refractivity contribution in [2.75, 3.05) is 38.7 Å². The maximum Gasteiger partial charge on any atom is 0.319 e. The summed E-state index contributed by atoms with van der Waals surface area (Å²) in [6.07, 6.45) is 0.